The maximum atomic E-state index is 12.2. The summed E-state index contributed by atoms with van der Waals surface area (Å²) < 4.78 is 7.86. The summed E-state index contributed by atoms with van der Waals surface area (Å²) in [6.07, 6.45) is 6.15. The van der Waals surface area contributed by atoms with Crippen LogP contribution < -0.4 is 10.6 Å². The van der Waals surface area contributed by atoms with Crippen molar-refractivity contribution in [1.29, 1.82) is 0 Å². The van der Waals surface area contributed by atoms with Crippen LogP contribution in [0.5, 0.6) is 0 Å². The number of carbonyl (C=O) groups is 1. The summed E-state index contributed by atoms with van der Waals surface area (Å²) in [6, 6.07) is 7.62. The number of anilines is 1. The van der Waals surface area contributed by atoms with Gasteiger partial charge in [0.25, 0.3) is 11.6 Å². The number of hydrogen-bond donors (Lipinski definition) is 2. The molecule has 0 radical (unpaired) electrons. The molecule has 2 N–H and O–H groups in total. The van der Waals surface area contributed by atoms with E-state index in [9.17, 15) is 4.79 Å². The molecule has 0 bridgehead atoms. The number of nitrogens with zero attached hydrogens (tertiary/aromatic N) is 6. The smallest absolute Gasteiger partial charge is 0.271 e. The number of nitrogens with one attached hydrogen (secondary N) is 2. The maximum absolute atomic E-state index is 12.2. The fraction of sp³-hybridized carbons (Fsp3) is 0.143. The highest BCUT2D eigenvalue weighted by Gasteiger charge is 2.18. The first-order chi connectivity index (χ1) is 15.1. The molecule has 31 heavy (non-hydrogen) atoms. The average Bonchev–Trinajstić information content (AvgIpc) is 3.41. The fourth-order valence-corrected chi connectivity index (χ4v) is 3.38. The molecule has 0 aliphatic heterocycles. The lowest BCUT2D eigenvalue weighted by Gasteiger charge is -2.05. The first-order valence-corrected chi connectivity index (χ1v) is 9.57. The van der Waals surface area contributed by atoms with Crippen LogP contribution in [0.1, 0.15) is 16.1 Å². The topological polar surface area (TPSA) is 124 Å². The van der Waals surface area contributed by atoms with Crippen LogP contribution in [0.2, 0.25) is 0 Å². The molecule has 0 saturated carbocycles. The summed E-state index contributed by atoms with van der Waals surface area (Å²) in [5.41, 5.74) is 4.60. The largest absolute Gasteiger partial charge is 0.418 e. The molecule has 0 aliphatic rings. The molecule has 1 amide bonds. The number of fused-ring (bicyclic) bond motifs is 3. The number of aryl methyl sites for hydroxylation is 1. The van der Waals surface area contributed by atoms with Crippen molar-refractivity contribution in [3.63, 3.8) is 0 Å². The molecule has 5 aromatic rings. The highest BCUT2D eigenvalue weighted by Crippen LogP contribution is 2.31. The van der Waals surface area contributed by atoms with Crippen LogP contribution in [0.15, 0.2) is 53.6 Å². The predicted molar refractivity (Wildman–Crippen MR) is 114 cm³/mol. The number of aromatic nitrogens is 6. The third-order valence-corrected chi connectivity index (χ3v) is 4.87. The van der Waals surface area contributed by atoms with Gasteiger partial charge in [0.2, 0.25) is 5.89 Å². The fourth-order valence-electron chi connectivity index (χ4n) is 3.38. The Hall–Kier alpha value is -4.34. The van der Waals surface area contributed by atoms with Crippen LogP contribution >= 0.6 is 0 Å². The molecule has 154 valence electrons. The molecule has 5 rings (SSSR count). The number of amides is 1. The Morgan fingerprint density at radius 1 is 1.16 bits per heavy atom. The Kier molecular flexibility index (Phi) is 4.51. The molecule has 0 fully saturated rings. The number of oxazole rings is 1. The van der Waals surface area contributed by atoms with Crippen LogP contribution in [0.4, 0.5) is 5.82 Å². The van der Waals surface area contributed by atoms with Crippen molar-refractivity contribution in [3.8, 4) is 11.5 Å². The highest BCUT2D eigenvalue weighted by molar-refractivity contribution is 6.03. The van der Waals surface area contributed by atoms with Crippen LogP contribution in [0.3, 0.4) is 0 Å². The van der Waals surface area contributed by atoms with Crippen molar-refractivity contribution in [3.05, 3.63) is 60.4 Å². The quantitative estimate of drug-likeness (QED) is 0.450. The van der Waals surface area contributed by atoms with E-state index in [4.69, 9.17) is 4.42 Å². The van der Waals surface area contributed by atoms with Gasteiger partial charge >= 0.3 is 0 Å². The van der Waals surface area contributed by atoms with Crippen molar-refractivity contribution in [1.82, 2.24) is 34.8 Å². The first-order valence-electron chi connectivity index (χ1n) is 9.57. The van der Waals surface area contributed by atoms with Gasteiger partial charge in [0.15, 0.2) is 11.3 Å². The molecule has 4 aromatic heterocycles. The zero-order valence-corrected chi connectivity index (χ0v) is 16.8. The summed E-state index contributed by atoms with van der Waals surface area (Å²) in [7, 11) is 3.70. The number of carbonyl (C=O) groups excluding carboxylic acids is 1. The van der Waals surface area contributed by atoms with Gasteiger partial charge in [-0.2, -0.15) is 4.98 Å². The van der Waals surface area contributed by atoms with Gasteiger partial charge in [-0.05, 0) is 17.7 Å². The second-order valence-electron chi connectivity index (χ2n) is 6.91. The molecular weight excluding hydrogens is 396 g/mol. The van der Waals surface area contributed by atoms with Gasteiger partial charge in [0.05, 0.1) is 12.5 Å². The predicted octanol–water partition coefficient (Wildman–Crippen LogP) is 2.54. The third-order valence-electron chi connectivity index (χ3n) is 4.87. The van der Waals surface area contributed by atoms with Crippen molar-refractivity contribution in [2.75, 3.05) is 12.4 Å². The molecule has 4 heterocycles. The summed E-state index contributed by atoms with van der Waals surface area (Å²) >= 11 is 0. The normalized spacial score (nSPS) is 11.2. The molecule has 0 aliphatic carbocycles. The van der Waals surface area contributed by atoms with E-state index in [0.29, 0.717) is 29.5 Å². The molecule has 0 spiro atoms. The molecule has 0 atom stereocenters. The summed E-state index contributed by atoms with van der Waals surface area (Å²) in [4.78, 5) is 33.7. The lowest BCUT2D eigenvalue weighted by atomic mass is 10.1. The number of hydrogen-bond acceptors (Lipinski definition) is 8. The standard InChI is InChI=1S/C21H18N8O2/c1-22-18-15-17(29(2)11-26-15)16-21(28-18)31-20(27-16)13-5-3-4-12(8-13)9-25-19(30)14-10-23-6-7-24-14/h3-8,10-11H,9H2,1-2H3,(H,22,28)(H,25,30). The van der Waals surface area contributed by atoms with Crippen LogP contribution in [-0.2, 0) is 13.6 Å². The number of benzene rings is 1. The minimum absolute atomic E-state index is 0.268. The first kappa shape index (κ1) is 18.7. The van der Waals surface area contributed by atoms with Crippen molar-refractivity contribution >= 4 is 34.0 Å². The minimum atomic E-state index is -0.289. The van der Waals surface area contributed by atoms with E-state index in [1.807, 2.05) is 35.9 Å². The summed E-state index contributed by atoms with van der Waals surface area (Å²) in [5, 5.41) is 5.89. The zero-order valence-electron chi connectivity index (χ0n) is 16.8. The van der Waals surface area contributed by atoms with E-state index in [1.54, 1.807) is 13.4 Å². The van der Waals surface area contributed by atoms with Crippen LogP contribution in [0.25, 0.3) is 33.7 Å². The Morgan fingerprint density at radius 2 is 2.06 bits per heavy atom. The molecule has 0 unspecified atom stereocenters. The van der Waals surface area contributed by atoms with E-state index in [0.717, 1.165) is 22.2 Å². The van der Waals surface area contributed by atoms with Gasteiger partial charge in [-0.25, -0.2) is 15.0 Å². The van der Waals surface area contributed by atoms with E-state index >= 15 is 0 Å². The summed E-state index contributed by atoms with van der Waals surface area (Å²) in [6.45, 7) is 0.331. The lowest BCUT2D eigenvalue weighted by Crippen LogP contribution is -2.23. The third kappa shape index (κ3) is 3.33. The van der Waals surface area contributed by atoms with E-state index in [2.05, 4.69) is 35.6 Å². The Labute approximate surface area is 176 Å². The lowest BCUT2D eigenvalue weighted by molar-refractivity contribution is 0.0945. The van der Waals surface area contributed by atoms with Gasteiger partial charge in [0, 0.05) is 38.6 Å². The van der Waals surface area contributed by atoms with Crippen LogP contribution in [0, 0.1) is 0 Å². The molecule has 1 aromatic carbocycles. The van der Waals surface area contributed by atoms with Gasteiger partial charge in [-0.3, -0.25) is 9.78 Å². The average molecular weight is 414 g/mol. The van der Waals surface area contributed by atoms with Gasteiger partial charge in [-0.15, -0.1) is 0 Å². The molecular formula is C21H18N8O2. The van der Waals surface area contributed by atoms with E-state index < -0.39 is 0 Å². The number of pyridine rings is 1. The number of imidazole rings is 1. The van der Waals surface area contributed by atoms with Crippen LogP contribution in [-0.4, -0.2) is 42.4 Å². The van der Waals surface area contributed by atoms with Crippen molar-refractivity contribution in [2.24, 2.45) is 7.05 Å². The SMILES string of the molecule is CNc1nc2oc(-c3cccc(CNC(=O)c4cnccn4)c3)nc2c2c1ncn2C. The monoisotopic (exact) mass is 414 g/mol. The van der Waals surface area contributed by atoms with E-state index in [1.165, 1.54) is 18.6 Å². The maximum Gasteiger partial charge on any atom is 0.271 e. The highest BCUT2D eigenvalue weighted by atomic mass is 16.4. The van der Waals surface area contributed by atoms with Gasteiger partial charge < -0.3 is 19.6 Å². The Bertz CT molecular complexity index is 1410. The summed E-state index contributed by atoms with van der Waals surface area (Å²) in [5.74, 6) is 0.786. The second-order valence-corrected chi connectivity index (χ2v) is 6.91. The molecule has 10 nitrogen and oxygen atoms in total. The molecule has 0 saturated heterocycles. The Balaban J connectivity index is 1.46. The van der Waals surface area contributed by atoms with Crippen molar-refractivity contribution < 1.29 is 9.21 Å². The van der Waals surface area contributed by atoms with Gasteiger partial charge in [-0.1, -0.05) is 12.1 Å². The van der Waals surface area contributed by atoms with Crippen molar-refractivity contribution in [2.45, 2.75) is 6.54 Å². The number of rotatable bonds is 5. The zero-order chi connectivity index (χ0) is 21.4. The van der Waals surface area contributed by atoms with E-state index in [-0.39, 0.29) is 11.6 Å². The van der Waals surface area contributed by atoms with Gasteiger partial charge in [0.1, 0.15) is 16.7 Å². The minimum Gasteiger partial charge on any atom is -0.418 e. The Morgan fingerprint density at radius 3 is 2.87 bits per heavy atom. The molecule has 10 heteroatoms. The second kappa shape index (κ2) is 7.48.